The highest BCUT2D eigenvalue weighted by atomic mass is 16.5. The molecule has 0 saturated carbocycles. The molecule has 0 aliphatic rings. The minimum Gasteiger partial charge on any atom is -0.497 e. The third kappa shape index (κ3) is 4.71. The summed E-state index contributed by atoms with van der Waals surface area (Å²) in [5.74, 6) is 3.74. The molecule has 0 amide bonds. The van der Waals surface area contributed by atoms with Crippen LogP contribution >= 0.6 is 0 Å². The van der Waals surface area contributed by atoms with Crippen LogP contribution in [0.1, 0.15) is 18.3 Å². The van der Waals surface area contributed by atoms with Crippen LogP contribution in [0, 0.1) is 6.92 Å². The highest BCUT2D eigenvalue weighted by molar-refractivity contribution is 5.67. The fourth-order valence-electron chi connectivity index (χ4n) is 2.98. The van der Waals surface area contributed by atoms with Crippen molar-refractivity contribution in [1.82, 2.24) is 9.97 Å². The van der Waals surface area contributed by atoms with Gasteiger partial charge in [0.15, 0.2) is 0 Å². The average Bonchev–Trinajstić information content (AvgIpc) is 2.72. The van der Waals surface area contributed by atoms with Gasteiger partial charge in [0.25, 0.3) is 0 Å². The Kier molecular flexibility index (Phi) is 6.32. The van der Waals surface area contributed by atoms with E-state index in [2.05, 4.69) is 51.4 Å². The summed E-state index contributed by atoms with van der Waals surface area (Å²) >= 11 is 0. The Morgan fingerprint density at radius 2 is 1.75 bits per heavy atom. The molecule has 2 aromatic carbocycles. The summed E-state index contributed by atoms with van der Waals surface area (Å²) in [7, 11) is 3.27. The van der Waals surface area contributed by atoms with Gasteiger partial charge in [0.2, 0.25) is 0 Å². The van der Waals surface area contributed by atoms with E-state index in [0.717, 1.165) is 36.2 Å². The Morgan fingerprint density at radius 3 is 2.43 bits per heavy atom. The van der Waals surface area contributed by atoms with Gasteiger partial charge in [-0.1, -0.05) is 30.3 Å². The van der Waals surface area contributed by atoms with Gasteiger partial charge in [-0.25, -0.2) is 9.97 Å². The van der Waals surface area contributed by atoms with Crippen LogP contribution < -0.4 is 19.7 Å². The number of nitrogens with one attached hydrogen (secondary N) is 1. The van der Waals surface area contributed by atoms with Gasteiger partial charge < -0.3 is 19.7 Å². The van der Waals surface area contributed by atoms with Gasteiger partial charge in [-0.15, -0.1) is 0 Å². The number of methoxy groups -OCH3 is 2. The molecule has 1 N–H and O–H groups in total. The number of ether oxygens (including phenoxy) is 2. The Balaban J connectivity index is 1.87. The number of hydrogen-bond acceptors (Lipinski definition) is 6. The van der Waals surface area contributed by atoms with Gasteiger partial charge in [-0.05, 0) is 31.5 Å². The van der Waals surface area contributed by atoms with E-state index in [1.165, 1.54) is 5.56 Å². The molecule has 28 heavy (non-hydrogen) atoms. The molecule has 0 aliphatic carbocycles. The highest BCUT2D eigenvalue weighted by Gasteiger charge is 2.12. The third-order valence-corrected chi connectivity index (χ3v) is 4.42. The first kappa shape index (κ1) is 19.5. The smallest absolute Gasteiger partial charge is 0.146 e. The zero-order valence-corrected chi connectivity index (χ0v) is 16.8. The summed E-state index contributed by atoms with van der Waals surface area (Å²) < 4.78 is 10.7. The minimum absolute atomic E-state index is 0.689. The number of benzene rings is 2. The van der Waals surface area contributed by atoms with Crippen molar-refractivity contribution in [2.24, 2.45) is 0 Å². The Bertz CT molecular complexity index is 916. The number of aromatic nitrogens is 2. The third-order valence-electron chi connectivity index (χ3n) is 4.42. The van der Waals surface area contributed by atoms with Crippen LogP contribution in [0.15, 0.2) is 54.6 Å². The first-order chi connectivity index (χ1) is 13.6. The zero-order chi connectivity index (χ0) is 19.9. The fourth-order valence-corrected chi connectivity index (χ4v) is 2.98. The molecule has 0 atom stereocenters. The van der Waals surface area contributed by atoms with E-state index in [9.17, 15) is 0 Å². The standard InChI is InChI=1S/C22H26N4O2/c1-5-26(15-17-9-7-6-8-10-17)22-14-21(23-16(2)24-22)25-19-12-11-18(27-3)13-20(19)28-4/h6-14H,5,15H2,1-4H3,(H,23,24,25). The van der Waals surface area contributed by atoms with E-state index in [4.69, 9.17) is 9.47 Å². The predicted octanol–water partition coefficient (Wildman–Crippen LogP) is 4.57. The summed E-state index contributed by atoms with van der Waals surface area (Å²) in [6, 6.07) is 18.0. The summed E-state index contributed by atoms with van der Waals surface area (Å²) in [5.41, 5.74) is 2.06. The van der Waals surface area contributed by atoms with Crippen molar-refractivity contribution in [3.63, 3.8) is 0 Å². The van der Waals surface area contributed by atoms with Crippen molar-refractivity contribution in [3.05, 3.63) is 66.0 Å². The average molecular weight is 378 g/mol. The molecule has 0 bridgehead atoms. The maximum absolute atomic E-state index is 5.47. The number of anilines is 3. The van der Waals surface area contributed by atoms with E-state index in [1.807, 2.05) is 37.3 Å². The van der Waals surface area contributed by atoms with Gasteiger partial charge in [0.1, 0.15) is 29.0 Å². The lowest BCUT2D eigenvalue weighted by Crippen LogP contribution is -2.23. The van der Waals surface area contributed by atoms with Crippen LogP contribution in [0.2, 0.25) is 0 Å². The van der Waals surface area contributed by atoms with Crippen molar-refractivity contribution >= 4 is 17.3 Å². The van der Waals surface area contributed by atoms with Gasteiger partial charge in [0, 0.05) is 25.2 Å². The fraction of sp³-hybridized carbons (Fsp3) is 0.273. The summed E-state index contributed by atoms with van der Waals surface area (Å²) in [5, 5.41) is 3.34. The molecule has 3 aromatic rings. The molecule has 6 nitrogen and oxygen atoms in total. The van der Waals surface area contributed by atoms with E-state index in [0.29, 0.717) is 11.6 Å². The number of hydrogen-bond donors (Lipinski definition) is 1. The van der Waals surface area contributed by atoms with Gasteiger partial charge >= 0.3 is 0 Å². The molecule has 0 unspecified atom stereocenters. The van der Waals surface area contributed by atoms with Crippen molar-refractivity contribution in [2.75, 3.05) is 31.0 Å². The van der Waals surface area contributed by atoms with Gasteiger partial charge in [-0.2, -0.15) is 0 Å². The minimum atomic E-state index is 0.689. The van der Waals surface area contributed by atoms with Crippen molar-refractivity contribution in [2.45, 2.75) is 20.4 Å². The number of aryl methyl sites for hydroxylation is 1. The first-order valence-electron chi connectivity index (χ1n) is 9.26. The van der Waals surface area contributed by atoms with Crippen LogP contribution in [0.3, 0.4) is 0 Å². The predicted molar refractivity (Wildman–Crippen MR) is 113 cm³/mol. The second-order valence-electron chi connectivity index (χ2n) is 6.35. The van der Waals surface area contributed by atoms with Crippen LogP contribution in [0.25, 0.3) is 0 Å². The second-order valence-corrected chi connectivity index (χ2v) is 6.35. The van der Waals surface area contributed by atoms with Crippen LogP contribution in [0.5, 0.6) is 11.5 Å². The molecule has 0 spiro atoms. The van der Waals surface area contributed by atoms with E-state index < -0.39 is 0 Å². The normalized spacial score (nSPS) is 10.4. The Labute approximate surface area is 166 Å². The Morgan fingerprint density at radius 1 is 0.964 bits per heavy atom. The van der Waals surface area contributed by atoms with Crippen LogP contribution in [-0.2, 0) is 6.54 Å². The second kappa shape index (κ2) is 9.08. The molecule has 146 valence electrons. The van der Waals surface area contributed by atoms with Gasteiger partial charge in [0.05, 0.1) is 19.9 Å². The van der Waals surface area contributed by atoms with Gasteiger partial charge in [-0.3, -0.25) is 0 Å². The van der Waals surface area contributed by atoms with Crippen LogP contribution in [-0.4, -0.2) is 30.7 Å². The molecule has 1 heterocycles. The molecule has 0 saturated heterocycles. The molecule has 0 aliphatic heterocycles. The maximum atomic E-state index is 5.47. The molecule has 1 aromatic heterocycles. The highest BCUT2D eigenvalue weighted by Crippen LogP contribution is 2.31. The molecule has 3 rings (SSSR count). The van der Waals surface area contributed by atoms with E-state index in [-0.39, 0.29) is 0 Å². The zero-order valence-electron chi connectivity index (χ0n) is 16.8. The first-order valence-corrected chi connectivity index (χ1v) is 9.26. The number of rotatable bonds is 8. The molecule has 0 fully saturated rings. The van der Waals surface area contributed by atoms with E-state index >= 15 is 0 Å². The maximum Gasteiger partial charge on any atom is 0.146 e. The Hall–Kier alpha value is -3.28. The number of nitrogens with zero attached hydrogens (tertiary/aromatic N) is 3. The van der Waals surface area contributed by atoms with E-state index in [1.54, 1.807) is 14.2 Å². The molecule has 6 heteroatoms. The van der Waals surface area contributed by atoms with Crippen molar-refractivity contribution in [1.29, 1.82) is 0 Å². The summed E-state index contributed by atoms with van der Waals surface area (Å²) in [6.45, 7) is 5.66. The van der Waals surface area contributed by atoms with Crippen molar-refractivity contribution in [3.8, 4) is 11.5 Å². The van der Waals surface area contributed by atoms with Crippen molar-refractivity contribution < 1.29 is 9.47 Å². The largest absolute Gasteiger partial charge is 0.497 e. The lowest BCUT2D eigenvalue weighted by atomic mass is 10.2. The SMILES string of the molecule is CCN(Cc1ccccc1)c1cc(Nc2ccc(OC)cc2OC)nc(C)n1. The monoisotopic (exact) mass is 378 g/mol. The molecular weight excluding hydrogens is 352 g/mol. The topological polar surface area (TPSA) is 59.5 Å². The lowest BCUT2D eigenvalue weighted by molar-refractivity contribution is 0.395. The molecule has 0 radical (unpaired) electrons. The summed E-state index contributed by atoms with van der Waals surface area (Å²) in [6.07, 6.45) is 0. The van der Waals surface area contributed by atoms with Crippen LogP contribution in [0.4, 0.5) is 17.3 Å². The summed E-state index contributed by atoms with van der Waals surface area (Å²) in [4.78, 5) is 11.4. The lowest BCUT2D eigenvalue weighted by Gasteiger charge is -2.23. The quantitative estimate of drug-likeness (QED) is 0.619. The molecular formula is C22H26N4O2.